The summed E-state index contributed by atoms with van der Waals surface area (Å²) in [5, 5.41) is 2.75. The van der Waals surface area contributed by atoms with E-state index in [2.05, 4.69) is 5.32 Å². The Bertz CT molecular complexity index is 1060. The highest BCUT2D eigenvalue weighted by Gasteiger charge is 2.40. The summed E-state index contributed by atoms with van der Waals surface area (Å²) in [5.41, 5.74) is -0.322. The molecule has 1 aromatic carbocycles. The monoisotopic (exact) mass is 390 g/mol. The summed E-state index contributed by atoms with van der Waals surface area (Å²) in [5.74, 6) is -0.161. The van der Waals surface area contributed by atoms with Crippen LogP contribution in [0.1, 0.15) is 29.3 Å². The van der Waals surface area contributed by atoms with E-state index in [4.69, 9.17) is 4.74 Å². The van der Waals surface area contributed by atoms with Crippen molar-refractivity contribution in [3.8, 4) is 11.4 Å². The highest BCUT2D eigenvalue weighted by Crippen LogP contribution is 2.24. The molecule has 1 aromatic heterocycles. The highest BCUT2D eigenvalue weighted by atomic mass is 32.2. The number of nitrogens with zero attached hydrogens (tertiary/aromatic N) is 1. The number of carbonyl (C=O) groups excluding carboxylic acids is 1. The zero-order valence-corrected chi connectivity index (χ0v) is 16.3. The first-order valence-electron chi connectivity index (χ1n) is 8.54. The topological polar surface area (TPSA) is 94.5 Å². The zero-order valence-electron chi connectivity index (χ0n) is 15.5. The molecule has 1 N–H and O–H groups in total. The highest BCUT2D eigenvalue weighted by molar-refractivity contribution is 7.91. The van der Waals surface area contributed by atoms with Crippen LogP contribution in [-0.2, 0) is 9.84 Å². The molecule has 1 saturated heterocycles. The number of aromatic nitrogens is 1. The zero-order chi connectivity index (χ0) is 19.8. The van der Waals surface area contributed by atoms with Gasteiger partial charge in [0.25, 0.3) is 11.5 Å². The summed E-state index contributed by atoms with van der Waals surface area (Å²) in [4.78, 5) is 25.9. The predicted octanol–water partition coefficient (Wildman–Crippen LogP) is 1.46. The lowest BCUT2D eigenvalue weighted by atomic mass is 10.0. The Hall–Kier alpha value is -2.61. The van der Waals surface area contributed by atoms with Crippen LogP contribution < -0.4 is 15.6 Å². The molecule has 2 aromatic rings. The number of nitrogens with one attached hydrogen (secondary N) is 1. The summed E-state index contributed by atoms with van der Waals surface area (Å²) >= 11 is 0. The fourth-order valence-electron chi connectivity index (χ4n) is 3.37. The Balaban J connectivity index is 2.02. The SMILES string of the molecule is COc1ccccc1-n1ccc(C)c(C(=O)NC2(C)CCS(=O)(=O)C2)c1=O. The van der Waals surface area contributed by atoms with Gasteiger partial charge in [-0.15, -0.1) is 0 Å². The van der Waals surface area contributed by atoms with Gasteiger partial charge in [-0.1, -0.05) is 12.1 Å². The van der Waals surface area contributed by atoms with Crippen LogP contribution in [0, 0.1) is 6.92 Å². The number of hydrogen-bond acceptors (Lipinski definition) is 5. The second-order valence-electron chi connectivity index (χ2n) is 7.08. The van der Waals surface area contributed by atoms with Crippen LogP contribution >= 0.6 is 0 Å². The van der Waals surface area contributed by atoms with E-state index in [-0.39, 0.29) is 17.1 Å². The largest absolute Gasteiger partial charge is 0.495 e. The van der Waals surface area contributed by atoms with Gasteiger partial charge in [0, 0.05) is 6.20 Å². The van der Waals surface area contributed by atoms with Gasteiger partial charge in [-0.25, -0.2) is 8.42 Å². The number of sulfone groups is 1. The Labute approximate surface area is 157 Å². The van der Waals surface area contributed by atoms with Crippen molar-refractivity contribution < 1.29 is 17.9 Å². The number of pyridine rings is 1. The van der Waals surface area contributed by atoms with E-state index in [9.17, 15) is 18.0 Å². The van der Waals surface area contributed by atoms with E-state index in [0.29, 0.717) is 23.4 Å². The molecule has 3 rings (SSSR count). The van der Waals surface area contributed by atoms with Crippen molar-refractivity contribution in [2.45, 2.75) is 25.8 Å². The van der Waals surface area contributed by atoms with Crippen LogP contribution in [0.5, 0.6) is 5.75 Å². The molecule has 2 heterocycles. The lowest BCUT2D eigenvalue weighted by molar-refractivity contribution is 0.0913. The number of carbonyl (C=O) groups is 1. The van der Waals surface area contributed by atoms with Gasteiger partial charge in [0.1, 0.15) is 11.3 Å². The quantitative estimate of drug-likeness (QED) is 0.853. The molecule has 27 heavy (non-hydrogen) atoms. The maximum absolute atomic E-state index is 13.0. The molecule has 8 heteroatoms. The predicted molar refractivity (Wildman–Crippen MR) is 102 cm³/mol. The van der Waals surface area contributed by atoms with Crippen LogP contribution in [0.3, 0.4) is 0 Å². The third kappa shape index (κ3) is 3.75. The van der Waals surface area contributed by atoms with Crippen molar-refractivity contribution in [2.75, 3.05) is 18.6 Å². The van der Waals surface area contributed by atoms with Crippen LogP contribution in [0.15, 0.2) is 41.3 Å². The number of para-hydroxylation sites is 2. The number of ether oxygens (including phenoxy) is 1. The van der Waals surface area contributed by atoms with Gasteiger partial charge >= 0.3 is 0 Å². The number of amides is 1. The summed E-state index contributed by atoms with van der Waals surface area (Å²) < 4.78 is 30.2. The van der Waals surface area contributed by atoms with Gasteiger partial charge in [0.15, 0.2) is 9.84 Å². The normalized spacial score (nSPS) is 21.0. The number of methoxy groups -OCH3 is 1. The smallest absolute Gasteiger partial charge is 0.268 e. The Morgan fingerprint density at radius 2 is 1.96 bits per heavy atom. The molecule has 1 aliphatic heterocycles. The fraction of sp³-hybridized carbons (Fsp3) is 0.368. The average molecular weight is 390 g/mol. The summed E-state index contributed by atoms with van der Waals surface area (Å²) in [6.45, 7) is 3.36. The summed E-state index contributed by atoms with van der Waals surface area (Å²) in [7, 11) is -1.67. The van der Waals surface area contributed by atoms with E-state index in [1.807, 2.05) is 0 Å². The molecule has 0 radical (unpaired) electrons. The summed E-state index contributed by atoms with van der Waals surface area (Å²) in [6.07, 6.45) is 1.92. The maximum Gasteiger partial charge on any atom is 0.268 e. The van der Waals surface area contributed by atoms with Crippen molar-refractivity contribution in [1.82, 2.24) is 9.88 Å². The first kappa shape index (κ1) is 19.2. The van der Waals surface area contributed by atoms with Gasteiger partial charge in [0.05, 0.1) is 29.8 Å². The molecule has 7 nitrogen and oxygen atoms in total. The molecule has 1 fully saturated rings. The number of rotatable bonds is 4. The van der Waals surface area contributed by atoms with Crippen LogP contribution in [-0.4, -0.2) is 43.0 Å². The van der Waals surface area contributed by atoms with Gasteiger partial charge in [-0.2, -0.15) is 0 Å². The molecule has 0 aliphatic carbocycles. The Morgan fingerprint density at radius 1 is 1.26 bits per heavy atom. The maximum atomic E-state index is 13.0. The molecule has 0 bridgehead atoms. The van der Waals surface area contributed by atoms with Gasteiger partial charge in [0.2, 0.25) is 0 Å². The lowest BCUT2D eigenvalue weighted by Crippen LogP contribution is -2.48. The molecule has 1 atom stereocenters. The van der Waals surface area contributed by atoms with Crippen molar-refractivity contribution >= 4 is 15.7 Å². The van der Waals surface area contributed by atoms with Crippen LogP contribution in [0.4, 0.5) is 0 Å². The van der Waals surface area contributed by atoms with Crippen molar-refractivity contribution in [3.63, 3.8) is 0 Å². The van der Waals surface area contributed by atoms with E-state index < -0.39 is 26.8 Å². The van der Waals surface area contributed by atoms with E-state index in [0.717, 1.165) is 0 Å². The third-order valence-corrected chi connectivity index (χ3v) is 6.69. The average Bonchev–Trinajstić information content (AvgIpc) is 2.88. The van der Waals surface area contributed by atoms with Gasteiger partial charge in [-0.3, -0.25) is 14.2 Å². The lowest BCUT2D eigenvalue weighted by Gasteiger charge is -2.24. The number of hydrogen-bond donors (Lipinski definition) is 1. The first-order valence-corrected chi connectivity index (χ1v) is 10.4. The minimum Gasteiger partial charge on any atom is -0.495 e. The first-order chi connectivity index (χ1) is 12.7. The standard InChI is InChI=1S/C19H22N2O5S/c1-13-8-10-21(14-6-4-5-7-15(14)26-3)18(23)16(13)17(22)20-19(2)9-11-27(24,25)12-19/h4-8,10H,9,11-12H2,1-3H3,(H,20,22). The Kier molecular flexibility index (Phi) is 4.86. The van der Waals surface area contributed by atoms with E-state index >= 15 is 0 Å². The van der Waals surface area contributed by atoms with E-state index in [1.165, 1.54) is 11.7 Å². The van der Waals surface area contributed by atoms with Gasteiger partial charge in [-0.05, 0) is 44.0 Å². The Morgan fingerprint density at radius 3 is 2.59 bits per heavy atom. The molecule has 1 unspecified atom stereocenters. The molecule has 0 saturated carbocycles. The van der Waals surface area contributed by atoms with Gasteiger partial charge < -0.3 is 10.1 Å². The van der Waals surface area contributed by atoms with Crippen LogP contribution in [0.2, 0.25) is 0 Å². The minimum atomic E-state index is -3.18. The molecule has 1 amide bonds. The fourth-order valence-corrected chi connectivity index (χ4v) is 5.46. The molecule has 1 aliphatic rings. The molecular formula is C19H22N2O5S. The third-order valence-electron chi connectivity index (χ3n) is 4.79. The van der Waals surface area contributed by atoms with E-state index in [1.54, 1.807) is 50.4 Å². The minimum absolute atomic E-state index is 0.00562. The molecule has 144 valence electrons. The van der Waals surface area contributed by atoms with Crippen LogP contribution in [0.25, 0.3) is 5.69 Å². The second kappa shape index (κ2) is 6.84. The van der Waals surface area contributed by atoms with Crippen molar-refractivity contribution in [2.24, 2.45) is 0 Å². The second-order valence-corrected chi connectivity index (χ2v) is 9.26. The number of aryl methyl sites for hydroxylation is 1. The van der Waals surface area contributed by atoms with Crippen molar-refractivity contribution in [1.29, 1.82) is 0 Å². The van der Waals surface area contributed by atoms with Crippen molar-refractivity contribution in [3.05, 3.63) is 58.0 Å². The molecular weight excluding hydrogens is 368 g/mol. The molecule has 0 spiro atoms. The number of benzene rings is 1. The summed E-state index contributed by atoms with van der Waals surface area (Å²) in [6, 6.07) is 8.69.